The molecule has 2 aliphatic rings. The van der Waals surface area contributed by atoms with Crippen LogP contribution in [0.5, 0.6) is 0 Å². The highest BCUT2D eigenvalue weighted by molar-refractivity contribution is 7.91. The molecule has 2 fully saturated rings. The van der Waals surface area contributed by atoms with Crippen molar-refractivity contribution in [1.82, 2.24) is 10.2 Å². The molecule has 0 bridgehead atoms. The Labute approximate surface area is 131 Å². The molecule has 2 unspecified atom stereocenters. The molecular formula is C14H24N2O5S. The lowest BCUT2D eigenvalue weighted by molar-refractivity contribution is -0.130. The van der Waals surface area contributed by atoms with E-state index < -0.39 is 9.84 Å². The van der Waals surface area contributed by atoms with E-state index in [2.05, 4.69) is 5.32 Å². The number of methoxy groups -OCH3 is 1. The zero-order valence-electron chi connectivity index (χ0n) is 12.9. The number of nitrogens with one attached hydrogen (secondary N) is 1. The molecule has 22 heavy (non-hydrogen) atoms. The van der Waals surface area contributed by atoms with Crippen LogP contribution in [-0.4, -0.2) is 69.5 Å². The number of ether oxygens (including phenoxy) is 1. The fourth-order valence-electron chi connectivity index (χ4n) is 3.01. The van der Waals surface area contributed by atoms with Crippen molar-refractivity contribution < 1.29 is 22.7 Å². The van der Waals surface area contributed by atoms with Gasteiger partial charge in [-0.3, -0.25) is 9.59 Å². The van der Waals surface area contributed by atoms with Gasteiger partial charge in [0.1, 0.15) is 0 Å². The molecular weight excluding hydrogens is 308 g/mol. The lowest BCUT2D eigenvalue weighted by atomic mass is 10.1. The number of carbonyl (C=O) groups is 2. The van der Waals surface area contributed by atoms with Gasteiger partial charge in [-0.25, -0.2) is 8.42 Å². The van der Waals surface area contributed by atoms with Crippen LogP contribution in [0.4, 0.5) is 0 Å². The molecule has 0 aliphatic carbocycles. The molecule has 2 heterocycles. The van der Waals surface area contributed by atoms with Crippen molar-refractivity contribution in [3.63, 3.8) is 0 Å². The van der Waals surface area contributed by atoms with Crippen molar-refractivity contribution in [1.29, 1.82) is 0 Å². The average molecular weight is 332 g/mol. The predicted molar refractivity (Wildman–Crippen MR) is 81.0 cm³/mol. The van der Waals surface area contributed by atoms with Crippen LogP contribution in [0.1, 0.15) is 25.7 Å². The summed E-state index contributed by atoms with van der Waals surface area (Å²) in [6.07, 6.45) is 2.39. The predicted octanol–water partition coefficient (Wildman–Crippen LogP) is -0.435. The molecule has 0 spiro atoms. The smallest absolute Gasteiger partial charge is 0.225 e. The number of likely N-dealkylation sites (tertiary alicyclic amines) is 1. The summed E-state index contributed by atoms with van der Waals surface area (Å²) in [6.45, 7) is 1.58. The monoisotopic (exact) mass is 332 g/mol. The Morgan fingerprint density at radius 2 is 2.18 bits per heavy atom. The SMILES string of the molecule is COCCCCNC(=O)C1CC(=O)N(C2CCS(=O)(=O)C2)C1. The first-order chi connectivity index (χ1) is 10.4. The number of hydrogen-bond acceptors (Lipinski definition) is 5. The third kappa shape index (κ3) is 4.42. The topological polar surface area (TPSA) is 92.8 Å². The van der Waals surface area contributed by atoms with Crippen molar-refractivity contribution in [2.75, 3.05) is 38.3 Å². The first kappa shape index (κ1) is 17.2. The first-order valence-corrected chi connectivity index (χ1v) is 9.51. The molecule has 1 N–H and O–H groups in total. The summed E-state index contributed by atoms with van der Waals surface area (Å²) in [7, 11) is -1.38. The summed E-state index contributed by atoms with van der Waals surface area (Å²) in [4.78, 5) is 25.7. The largest absolute Gasteiger partial charge is 0.385 e. The Balaban J connectivity index is 1.78. The maximum Gasteiger partial charge on any atom is 0.225 e. The van der Waals surface area contributed by atoms with E-state index in [1.807, 2.05) is 0 Å². The fourth-order valence-corrected chi connectivity index (χ4v) is 4.74. The maximum absolute atomic E-state index is 12.1. The zero-order chi connectivity index (χ0) is 16.2. The number of carbonyl (C=O) groups excluding carboxylic acids is 2. The zero-order valence-corrected chi connectivity index (χ0v) is 13.7. The molecule has 0 aromatic heterocycles. The normalized spacial score (nSPS) is 27.3. The van der Waals surface area contributed by atoms with Crippen LogP contribution in [0.3, 0.4) is 0 Å². The quantitative estimate of drug-likeness (QED) is 0.638. The van der Waals surface area contributed by atoms with Gasteiger partial charge >= 0.3 is 0 Å². The van der Waals surface area contributed by atoms with E-state index in [0.717, 1.165) is 12.8 Å². The van der Waals surface area contributed by atoms with E-state index in [-0.39, 0.29) is 41.7 Å². The minimum Gasteiger partial charge on any atom is -0.385 e. The summed E-state index contributed by atoms with van der Waals surface area (Å²) in [6, 6.07) is -0.253. The standard InChI is InChI=1S/C14H24N2O5S/c1-21-6-3-2-5-15-14(18)11-8-13(17)16(9-11)12-4-7-22(19,20)10-12/h11-12H,2-10H2,1H3,(H,15,18). The Morgan fingerprint density at radius 3 is 2.82 bits per heavy atom. The van der Waals surface area contributed by atoms with Crippen molar-refractivity contribution in [3.8, 4) is 0 Å². The summed E-state index contributed by atoms with van der Waals surface area (Å²) < 4.78 is 28.0. The van der Waals surface area contributed by atoms with Crippen LogP contribution in [0.25, 0.3) is 0 Å². The molecule has 2 aliphatic heterocycles. The molecule has 2 rings (SSSR count). The number of sulfone groups is 1. The summed E-state index contributed by atoms with van der Waals surface area (Å²) in [5.74, 6) is -0.420. The first-order valence-electron chi connectivity index (χ1n) is 7.69. The Hall–Kier alpha value is -1.15. The number of amides is 2. The maximum atomic E-state index is 12.1. The summed E-state index contributed by atoms with van der Waals surface area (Å²) in [5.41, 5.74) is 0. The van der Waals surface area contributed by atoms with Gasteiger partial charge in [0.05, 0.1) is 17.4 Å². The highest BCUT2D eigenvalue weighted by Crippen LogP contribution is 2.26. The minimum absolute atomic E-state index is 0.0318. The van der Waals surface area contributed by atoms with Gasteiger partial charge in [0.2, 0.25) is 11.8 Å². The van der Waals surface area contributed by atoms with Crippen LogP contribution in [0, 0.1) is 5.92 Å². The van der Waals surface area contributed by atoms with Gasteiger partial charge in [0, 0.05) is 39.3 Å². The summed E-state index contributed by atoms with van der Waals surface area (Å²) >= 11 is 0. The van der Waals surface area contributed by atoms with Gasteiger partial charge in [-0.15, -0.1) is 0 Å². The minimum atomic E-state index is -3.02. The molecule has 0 aromatic rings. The lowest BCUT2D eigenvalue weighted by Gasteiger charge is -2.22. The Morgan fingerprint density at radius 1 is 1.41 bits per heavy atom. The van der Waals surface area contributed by atoms with Crippen molar-refractivity contribution in [2.24, 2.45) is 5.92 Å². The van der Waals surface area contributed by atoms with E-state index in [1.54, 1.807) is 12.0 Å². The number of nitrogens with zero attached hydrogens (tertiary/aromatic N) is 1. The van der Waals surface area contributed by atoms with Crippen LogP contribution in [0.15, 0.2) is 0 Å². The Bertz CT molecular complexity index is 519. The molecule has 2 amide bonds. The van der Waals surface area contributed by atoms with Gasteiger partial charge < -0.3 is 15.0 Å². The third-order valence-corrected chi connectivity index (χ3v) is 6.00. The van der Waals surface area contributed by atoms with Crippen LogP contribution in [-0.2, 0) is 24.2 Å². The van der Waals surface area contributed by atoms with Crippen LogP contribution in [0.2, 0.25) is 0 Å². The molecule has 8 heteroatoms. The van der Waals surface area contributed by atoms with Crippen LogP contribution < -0.4 is 5.32 Å². The fraction of sp³-hybridized carbons (Fsp3) is 0.857. The number of hydrogen-bond donors (Lipinski definition) is 1. The van der Waals surface area contributed by atoms with Gasteiger partial charge in [-0.1, -0.05) is 0 Å². The third-order valence-electron chi connectivity index (χ3n) is 4.25. The van der Waals surface area contributed by atoms with Gasteiger partial charge in [-0.05, 0) is 19.3 Å². The van der Waals surface area contributed by atoms with Crippen molar-refractivity contribution in [2.45, 2.75) is 31.7 Å². The molecule has 126 valence electrons. The second kappa shape index (κ2) is 7.41. The second-order valence-corrected chi connectivity index (χ2v) is 8.22. The second-order valence-electron chi connectivity index (χ2n) is 5.99. The van der Waals surface area contributed by atoms with Gasteiger partial charge in [0.15, 0.2) is 9.84 Å². The van der Waals surface area contributed by atoms with Crippen molar-refractivity contribution in [3.05, 3.63) is 0 Å². The van der Waals surface area contributed by atoms with Crippen LogP contribution >= 0.6 is 0 Å². The summed E-state index contributed by atoms with van der Waals surface area (Å²) in [5, 5.41) is 2.84. The van der Waals surface area contributed by atoms with Gasteiger partial charge in [0.25, 0.3) is 0 Å². The average Bonchev–Trinajstić information content (AvgIpc) is 3.01. The molecule has 7 nitrogen and oxygen atoms in total. The Kier molecular flexibility index (Phi) is 5.80. The van der Waals surface area contributed by atoms with E-state index in [9.17, 15) is 18.0 Å². The highest BCUT2D eigenvalue weighted by Gasteiger charge is 2.41. The van der Waals surface area contributed by atoms with Gasteiger partial charge in [-0.2, -0.15) is 0 Å². The van der Waals surface area contributed by atoms with E-state index in [1.165, 1.54) is 0 Å². The number of rotatable bonds is 7. The molecule has 0 aromatic carbocycles. The molecule has 0 radical (unpaired) electrons. The molecule has 0 saturated carbocycles. The lowest BCUT2D eigenvalue weighted by Crippen LogP contribution is -2.39. The van der Waals surface area contributed by atoms with E-state index in [0.29, 0.717) is 26.1 Å². The number of unbranched alkanes of at least 4 members (excludes halogenated alkanes) is 1. The highest BCUT2D eigenvalue weighted by atomic mass is 32.2. The molecule has 2 saturated heterocycles. The van der Waals surface area contributed by atoms with Crippen molar-refractivity contribution >= 4 is 21.7 Å². The molecule has 2 atom stereocenters. The van der Waals surface area contributed by atoms with E-state index in [4.69, 9.17) is 4.74 Å². The van der Waals surface area contributed by atoms with E-state index >= 15 is 0 Å².